The molecule has 2 aromatic rings. The maximum absolute atomic E-state index is 12.8. The lowest BCUT2D eigenvalue weighted by atomic mass is 10.1. The van der Waals surface area contributed by atoms with Gasteiger partial charge in [-0.25, -0.2) is 8.42 Å². The molecule has 1 heterocycles. The molecule has 25 heavy (non-hydrogen) atoms. The van der Waals surface area contributed by atoms with E-state index in [2.05, 4.69) is 4.72 Å². The molecule has 0 bridgehead atoms. The first-order valence-electron chi connectivity index (χ1n) is 8.26. The van der Waals surface area contributed by atoms with Gasteiger partial charge in [-0.05, 0) is 62.1 Å². The number of para-hydroxylation sites is 1. The van der Waals surface area contributed by atoms with Crippen molar-refractivity contribution < 1.29 is 13.2 Å². The Labute approximate surface area is 148 Å². The summed E-state index contributed by atoms with van der Waals surface area (Å²) >= 11 is 0. The van der Waals surface area contributed by atoms with Gasteiger partial charge in [0.25, 0.3) is 0 Å². The van der Waals surface area contributed by atoms with Gasteiger partial charge in [-0.2, -0.15) is 4.72 Å². The van der Waals surface area contributed by atoms with Crippen molar-refractivity contribution in [1.29, 1.82) is 0 Å². The minimum Gasteiger partial charge on any atom is -0.311 e. The summed E-state index contributed by atoms with van der Waals surface area (Å²) in [6.45, 7) is 6.10. The number of sulfonamides is 1. The van der Waals surface area contributed by atoms with E-state index in [9.17, 15) is 13.2 Å². The molecular formula is C19H22N2O3S. The predicted molar refractivity (Wildman–Crippen MR) is 98.2 cm³/mol. The fraction of sp³-hybridized carbons (Fsp3) is 0.316. The van der Waals surface area contributed by atoms with Gasteiger partial charge in [-0.1, -0.05) is 24.3 Å². The summed E-state index contributed by atoms with van der Waals surface area (Å²) in [6.07, 6.45) is 0.455. The lowest BCUT2D eigenvalue weighted by Gasteiger charge is -2.18. The number of anilines is 1. The van der Waals surface area contributed by atoms with Crippen LogP contribution in [0.25, 0.3) is 0 Å². The number of nitrogens with one attached hydrogen (secondary N) is 1. The summed E-state index contributed by atoms with van der Waals surface area (Å²) in [7, 11) is -3.75. The molecule has 1 aliphatic heterocycles. The van der Waals surface area contributed by atoms with Gasteiger partial charge in [-0.3, -0.25) is 4.79 Å². The molecule has 0 unspecified atom stereocenters. The van der Waals surface area contributed by atoms with Crippen LogP contribution in [0.15, 0.2) is 47.4 Å². The summed E-state index contributed by atoms with van der Waals surface area (Å²) < 4.78 is 28.1. The molecule has 0 spiro atoms. The van der Waals surface area contributed by atoms with Crippen molar-refractivity contribution in [1.82, 2.24) is 4.72 Å². The number of aryl methyl sites for hydroxylation is 3. The Bertz CT molecular complexity index is 908. The standard InChI is InChI=1S/C19H22N2O3S/c1-13-11-15(3)18(12-14(13)2)25(23,24)20-17-9-10-21(19(17)22)16-7-5-4-6-8-16/h4-8,11-12,17,20H,9-10H2,1-3H3/t17-/m1/s1. The molecule has 3 rings (SSSR count). The van der Waals surface area contributed by atoms with Crippen LogP contribution in [0.2, 0.25) is 0 Å². The van der Waals surface area contributed by atoms with Crippen LogP contribution in [-0.4, -0.2) is 26.9 Å². The molecule has 0 aromatic heterocycles. The molecule has 1 atom stereocenters. The smallest absolute Gasteiger partial charge is 0.245 e. The van der Waals surface area contributed by atoms with Crippen molar-refractivity contribution >= 4 is 21.6 Å². The molecule has 0 saturated carbocycles. The average Bonchev–Trinajstić information content (AvgIpc) is 2.92. The predicted octanol–water partition coefficient (Wildman–Crippen LogP) is 2.70. The quantitative estimate of drug-likeness (QED) is 0.914. The van der Waals surface area contributed by atoms with Crippen molar-refractivity contribution in [3.63, 3.8) is 0 Å². The highest BCUT2D eigenvalue weighted by Gasteiger charge is 2.36. The van der Waals surface area contributed by atoms with Crippen molar-refractivity contribution in [2.45, 2.75) is 38.1 Å². The molecular weight excluding hydrogens is 336 g/mol. The second kappa shape index (κ2) is 6.61. The highest BCUT2D eigenvalue weighted by molar-refractivity contribution is 7.89. The highest BCUT2D eigenvalue weighted by atomic mass is 32.2. The molecule has 1 aliphatic rings. The third-order valence-electron chi connectivity index (χ3n) is 4.65. The maximum Gasteiger partial charge on any atom is 0.245 e. The summed E-state index contributed by atoms with van der Waals surface area (Å²) in [6, 6.07) is 12.1. The Balaban J connectivity index is 1.83. The molecule has 0 radical (unpaired) electrons. The Hall–Kier alpha value is -2.18. The normalized spacial score (nSPS) is 18.0. The third-order valence-corrected chi connectivity index (χ3v) is 6.27. The second-order valence-electron chi connectivity index (χ2n) is 6.49. The van der Waals surface area contributed by atoms with Crippen LogP contribution in [0.4, 0.5) is 5.69 Å². The van der Waals surface area contributed by atoms with Gasteiger partial charge < -0.3 is 4.90 Å². The average molecular weight is 358 g/mol. The van der Waals surface area contributed by atoms with Gasteiger partial charge in [0.1, 0.15) is 6.04 Å². The third kappa shape index (κ3) is 3.45. The Morgan fingerprint density at radius 1 is 1.00 bits per heavy atom. The number of carbonyl (C=O) groups excluding carboxylic acids is 1. The highest BCUT2D eigenvalue weighted by Crippen LogP contribution is 2.24. The number of rotatable bonds is 4. The van der Waals surface area contributed by atoms with Crippen LogP contribution in [-0.2, 0) is 14.8 Å². The molecule has 1 saturated heterocycles. The van der Waals surface area contributed by atoms with E-state index < -0.39 is 16.1 Å². The van der Waals surface area contributed by atoms with Crippen LogP contribution in [0.5, 0.6) is 0 Å². The lowest BCUT2D eigenvalue weighted by Crippen LogP contribution is -2.41. The Kier molecular flexibility index (Phi) is 4.67. The van der Waals surface area contributed by atoms with E-state index in [0.29, 0.717) is 18.5 Å². The Morgan fingerprint density at radius 2 is 1.64 bits per heavy atom. The van der Waals surface area contributed by atoms with Crippen molar-refractivity contribution in [2.75, 3.05) is 11.4 Å². The van der Waals surface area contributed by atoms with Crippen molar-refractivity contribution in [3.05, 3.63) is 59.2 Å². The topological polar surface area (TPSA) is 66.5 Å². The minimum atomic E-state index is -3.75. The summed E-state index contributed by atoms with van der Waals surface area (Å²) in [5.41, 5.74) is 3.43. The minimum absolute atomic E-state index is 0.212. The monoisotopic (exact) mass is 358 g/mol. The number of hydrogen-bond acceptors (Lipinski definition) is 3. The molecule has 1 N–H and O–H groups in total. The van der Waals surface area contributed by atoms with Crippen LogP contribution in [0.3, 0.4) is 0 Å². The fourth-order valence-electron chi connectivity index (χ4n) is 3.13. The number of amides is 1. The molecule has 6 heteroatoms. The van der Waals surface area contributed by atoms with Gasteiger partial charge in [0.15, 0.2) is 0 Å². The number of carbonyl (C=O) groups is 1. The first-order chi connectivity index (χ1) is 11.8. The summed E-state index contributed by atoms with van der Waals surface area (Å²) in [4.78, 5) is 14.5. The van der Waals surface area contributed by atoms with Gasteiger partial charge in [-0.15, -0.1) is 0 Å². The molecule has 0 aliphatic carbocycles. The van der Waals surface area contributed by atoms with E-state index in [1.807, 2.05) is 50.2 Å². The zero-order valence-electron chi connectivity index (χ0n) is 14.6. The molecule has 5 nitrogen and oxygen atoms in total. The number of hydrogen-bond donors (Lipinski definition) is 1. The van der Waals surface area contributed by atoms with Crippen LogP contribution in [0.1, 0.15) is 23.1 Å². The number of benzene rings is 2. The van der Waals surface area contributed by atoms with Gasteiger partial charge in [0.2, 0.25) is 15.9 Å². The van der Waals surface area contributed by atoms with Gasteiger partial charge in [0.05, 0.1) is 4.90 Å². The second-order valence-corrected chi connectivity index (χ2v) is 8.17. The van der Waals surface area contributed by atoms with E-state index >= 15 is 0 Å². The Morgan fingerprint density at radius 3 is 2.32 bits per heavy atom. The summed E-state index contributed by atoms with van der Waals surface area (Å²) in [5.74, 6) is -0.212. The zero-order valence-corrected chi connectivity index (χ0v) is 15.4. The molecule has 2 aromatic carbocycles. The molecule has 1 fully saturated rings. The van der Waals surface area contributed by atoms with E-state index in [-0.39, 0.29) is 10.8 Å². The SMILES string of the molecule is Cc1cc(C)c(S(=O)(=O)N[C@@H]2CCN(c3ccccc3)C2=O)cc1C. The maximum atomic E-state index is 12.8. The summed E-state index contributed by atoms with van der Waals surface area (Å²) in [5, 5.41) is 0. The zero-order chi connectivity index (χ0) is 18.2. The van der Waals surface area contributed by atoms with Crippen LogP contribution in [0, 0.1) is 20.8 Å². The van der Waals surface area contributed by atoms with Crippen LogP contribution >= 0.6 is 0 Å². The molecule has 132 valence electrons. The van der Waals surface area contributed by atoms with Crippen molar-refractivity contribution in [3.8, 4) is 0 Å². The van der Waals surface area contributed by atoms with Crippen molar-refractivity contribution in [2.24, 2.45) is 0 Å². The van der Waals surface area contributed by atoms with E-state index in [0.717, 1.165) is 16.8 Å². The first kappa shape index (κ1) is 17.6. The van der Waals surface area contributed by atoms with Gasteiger partial charge in [0, 0.05) is 12.2 Å². The number of nitrogens with zero attached hydrogens (tertiary/aromatic N) is 1. The largest absolute Gasteiger partial charge is 0.311 e. The lowest BCUT2D eigenvalue weighted by molar-refractivity contribution is -0.118. The fourth-order valence-corrected chi connectivity index (χ4v) is 4.66. The first-order valence-corrected chi connectivity index (χ1v) is 9.74. The van der Waals surface area contributed by atoms with E-state index in [1.165, 1.54) is 0 Å². The van der Waals surface area contributed by atoms with Gasteiger partial charge >= 0.3 is 0 Å². The van der Waals surface area contributed by atoms with E-state index in [1.54, 1.807) is 17.9 Å². The van der Waals surface area contributed by atoms with E-state index in [4.69, 9.17) is 0 Å². The van der Waals surface area contributed by atoms with Crippen LogP contribution < -0.4 is 9.62 Å². The molecule has 1 amide bonds.